The van der Waals surface area contributed by atoms with E-state index in [0.29, 0.717) is 12.0 Å². The fraction of sp³-hybridized carbons (Fsp3) is 0.500. The van der Waals surface area contributed by atoms with Gasteiger partial charge >= 0.3 is 0 Å². The number of likely N-dealkylation sites (N-methyl/N-ethyl adjacent to an activating group) is 1. The second-order valence-electron chi connectivity index (χ2n) is 4.98. The van der Waals surface area contributed by atoms with E-state index in [1.807, 2.05) is 13.1 Å². The van der Waals surface area contributed by atoms with Crippen LogP contribution in [0, 0.1) is 0 Å². The zero-order valence-electron chi connectivity index (χ0n) is 11.4. The van der Waals surface area contributed by atoms with Gasteiger partial charge in [0.25, 0.3) is 0 Å². The second kappa shape index (κ2) is 6.05. The van der Waals surface area contributed by atoms with Crippen LogP contribution in [-0.4, -0.2) is 19.7 Å². The molecule has 98 valence electrons. The summed E-state index contributed by atoms with van der Waals surface area (Å²) >= 11 is 0. The summed E-state index contributed by atoms with van der Waals surface area (Å²) in [7, 11) is 2.05. The second-order valence-corrected chi connectivity index (χ2v) is 4.98. The number of para-hydroxylation sites is 1. The summed E-state index contributed by atoms with van der Waals surface area (Å²) in [6.07, 6.45) is 3.19. The molecule has 2 rings (SSSR count). The molecule has 1 aromatic carbocycles. The Bertz CT molecular complexity index is 413. The first kappa shape index (κ1) is 13.2. The van der Waals surface area contributed by atoms with E-state index in [-0.39, 0.29) is 0 Å². The molecule has 2 unspecified atom stereocenters. The standard InChI is InChI=1S/C16H23NO/c1-4-12(2)11-15(17-3)13-9-10-18-16-8-6-5-7-14(13)16/h5-8,13,15,17H,2,4,9-11H2,1,3H3. The van der Waals surface area contributed by atoms with E-state index < -0.39 is 0 Å². The van der Waals surface area contributed by atoms with Crippen molar-refractivity contribution in [2.75, 3.05) is 13.7 Å². The minimum atomic E-state index is 0.461. The molecule has 0 amide bonds. The van der Waals surface area contributed by atoms with Crippen molar-refractivity contribution in [1.29, 1.82) is 0 Å². The van der Waals surface area contributed by atoms with Gasteiger partial charge in [-0.15, -0.1) is 0 Å². The maximum atomic E-state index is 5.73. The van der Waals surface area contributed by atoms with Crippen molar-refractivity contribution in [2.45, 2.75) is 38.1 Å². The monoisotopic (exact) mass is 245 g/mol. The summed E-state index contributed by atoms with van der Waals surface area (Å²) in [6, 6.07) is 8.87. The molecular weight excluding hydrogens is 222 g/mol. The van der Waals surface area contributed by atoms with Crippen molar-refractivity contribution in [3.05, 3.63) is 42.0 Å². The number of nitrogens with one attached hydrogen (secondary N) is 1. The fourth-order valence-corrected chi connectivity index (χ4v) is 2.69. The van der Waals surface area contributed by atoms with Crippen LogP contribution >= 0.6 is 0 Å². The van der Waals surface area contributed by atoms with E-state index in [2.05, 4.69) is 37.0 Å². The van der Waals surface area contributed by atoms with Crippen LogP contribution < -0.4 is 10.1 Å². The summed E-state index contributed by atoms with van der Waals surface area (Å²) in [5, 5.41) is 3.46. The molecule has 2 nitrogen and oxygen atoms in total. The summed E-state index contributed by atoms with van der Waals surface area (Å²) < 4.78 is 5.73. The summed E-state index contributed by atoms with van der Waals surface area (Å²) in [4.78, 5) is 0. The SMILES string of the molecule is C=C(CC)CC(NC)C1CCOc2ccccc21. The lowest BCUT2D eigenvalue weighted by molar-refractivity contribution is 0.247. The topological polar surface area (TPSA) is 21.3 Å². The minimum absolute atomic E-state index is 0.461. The molecule has 0 radical (unpaired) electrons. The number of benzene rings is 1. The highest BCUT2D eigenvalue weighted by atomic mass is 16.5. The van der Waals surface area contributed by atoms with Crippen LogP contribution in [0.3, 0.4) is 0 Å². The predicted octanol–water partition coefficient (Wildman–Crippen LogP) is 3.50. The van der Waals surface area contributed by atoms with Crippen LogP contribution in [-0.2, 0) is 0 Å². The van der Waals surface area contributed by atoms with Crippen molar-refractivity contribution in [2.24, 2.45) is 0 Å². The van der Waals surface area contributed by atoms with Gasteiger partial charge in [-0.25, -0.2) is 0 Å². The van der Waals surface area contributed by atoms with Gasteiger partial charge in [-0.05, 0) is 37.9 Å². The molecule has 0 bridgehead atoms. The molecule has 1 heterocycles. The molecular formula is C16H23NO. The predicted molar refractivity (Wildman–Crippen MR) is 76.2 cm³/mol. The van der Waals surface area contributed by atoms with Gasteiger partial charge < -0.3 is 10.1 Å². The number of fused-ring (bicyclic) bond motifs is 1. The highest BCUT2D eigenvalue weighted by Gasteiger charge is 2.27. The molecule has 0 fully saturated rings. The summed E-state index contributed by atoms with van der Waals surface area (Å²) in [6.45, 7) is 7.13. The fourth-order valence-electron chi connectivity index (χ4n) is 2.69. The lowest BCUT2D eigenvalue weighted by atomic mass is 9.83. The Morgan fingerprint density at radius 2 is 2.28 bits per heavy atom. The third kappa shape index (κ3) is 2.75. The van der Waals surface area contributed by atoms with Gasteiger partial charge in [0.1, 0.15) is 5.75 Å². The zero-order chi connectivity index (χ0) is 13.0. The lowest BCUT2D eigenvalue weighted by Gasteiger charge is -2.32. The highest BCUT2D eigenvalue weighted by molar-refractivity contribution is 5.38. The van der Waals surface area contributed by atoms with Crippen LogP contribution in [0.5, 0.6) is 5.75 Å². The third-order valence-electron chi connectivity index (χ3n) is 3.87. The maximum absolute atomic E-state index is 5.73. The van der Waals surface area contributed by atoms with Crippen molar-refractivity contribution in [1.82, 2.24) is 5.32 Å². The first-order chi connectivity index (χ1) is 8.76. The molecule has 0 aromatic heterocycles. The van der Waals surface area contributed by atoms with Crippen LogP contribution in [0.15, 0.2) is 36.4 Å². The van der Waals surface area contributed by atoms with E-state index >= 15 is 0 Å². The van der Waals surface area contributed by atoms with Gasteiger partial charge in [0.05, 0.1) is 6.61 Å². The quantitative estimate of drug-likeness (QED) is 0.802. The summed E-state index contributed by atoms with van der Waals surface area (Å²) in [5.41, 5.74) is 2.66. The van der Waals surface area contributed by atoms with E-state index in [1.165, 1.54) is 11.1 Å². The average molecular weight is 245 g/mol. The zero-order valence-corrected chi connectivity index (χ0v) is 11.4. The third-order valence-corrected chi connectivity index (χ3v) is 3.87. The Kier molecular flexibility index (Phi) is 4.43. The van der Waals surface area contributed by atoms with E-state index in [0.717, 1.165) is 31.6 Å². The molecule has 1 N–H and O–H groups in total. The van der Waals surface area contributed by atoms with E-state index in [4.69, 9.17) is 4.74 Å². The molecule has 1 aliphatic heterocycles. The van der Waals surface area contributed by atoms with Crippen LogP contribution in [0.4, 0.5) is 0 Å². The van der Waals surface area contributed by atoms with Gasteiger partial charge in [-0.3, -0.25) is 0 Å². The summed E-state index contributed by atoms with van der Waals surface area (Å²) in [5.74, 6) is 1.58. The Morgan fingerprint density at radius 3 is 3.00 bits per heavy atom. The molecule has 0 spiro atoms. The van der Waals surface area contributed by atoms with Crippen molar-refractivity contribution in [3.63, 3.8) is 0 Å². The highest BCUT2D eigenvalue weighted by Crippen LogP contribution is 2.37. The van der Waals surface area contributed by atoms with Crippen molar-refractivity contribution >= 4 is 0 Å². The van der Waals surface area contributed by atoms with Gasteiger partial charge in [0.2, 0.25) is 0 Å². The van der Waals surface area contributed by atoms with Gasteiger partial charge in [0, 0.05) is 12.0 Å². The largest absolute Gasteiger partial charge is 0.493 e. The maximum Gasteiger partial charge on any atom is 0.122 e. The van der Waals surface area contributed by atoms with Crippen LogP contribution in [0.25, 0.3) is 0 Å². The Morgan fingerprint density at radius 1 is 1.50 bits per heavy atom. The first-order valence-electron chi connectivity index (χ1n) is 6.82. The van der Waals surface area contributed by atoms with Gasteiger partial charge in [-0.2, -0.15) is 0 Å². The molecule has 18 heavy (non-hydrogen) atoms. The molecule has 0 saturated heterocycles. The smallest absolute Gasteiger partial charge is 0.122 e. The number of hydrogen-bond donors (Lipinski definition) is 1. The molecule has 2 atom stereocenters. The molecule has 2 heteroatoms. The normalized spacial score (nSPS) is 19.8. The number of ether oxygens (including phenoxy) is 1. The van der Waals surface area contributed by atoms with E-state index in [1.54, 1.807) is 0 Å². The number of rotatable bonds is 5. The Hall–Kier alpha value is -1.28. The minimum Gasteiger partial charge on any atom is -0.493 e. The van der Waals surface area contributed by atoms with Crippen LogP contribution in [0.2, 0.25) is 0 Å². The van der Waals surface area contributed by atoms with E-state index in [9.17, 15) is 0 Å². The van der Waals surface area contributed by atoms with Gasteiger partial charge in [0.15, 0.2) is 0 Å². The number of hydrogen-bond acceptors (Lipinski definition) is 2. The Labute approximate surface area is 110 Å². The molecule has 1 aliphatic rings. The van der Waals surface area contributed by atoms with Gasteiger partial charge in [-0.1, -0.05) is 37.3 Å². The van der Waals surface area contributed by atoms with Crippen molar-refractivity contribution < 1.29 is 4.74 Å². The molecule has 1 aromatic rings. The molecule has 0 aliphatic carbocycles. The Balaban J connectivity index is 2.19. The first-order valence-corrected chi connectivity index (χ1v) is 6.82. The lowest BCUT2D eigenvalue weighted by Crippen LogP contribution is -2.35. The molecule has 0 saturated carbocycles. The van der Waals surface area contributed by atoms with Crippen LogP contribution in [0.1, 0.15) is 37.7 Å². The van der Waals surface area contributed by atoms with Crippen molar-refractivity contribution in [3.8, 4) is 5.75 Å². The average Bonchev–Trinajstić information content (AvgIpc) is 2.44.